The third kappa shape index (κ3) is 2.02. The number of aromatic nitrogens is 1. The highest BCUT2D eigenvalue weighted by molar-refractivity contribution is 6.06. The van der Waals surface area contributed by atoms with Crippen LogP contribution in [0.2, 0.25) is 0 Å². The standard InChI is InChI=1S/C15H15N3O4/c1-16-7-8-3-2-4-9-12(8)15(22)18(14(9)21)10-5-6-11(19)17-13(10)20/h2-4,7,10,21-22H,5-6H2,1H3,(H,17,19,20). The molecule has 1 fully saturated rings. The number of fused-ring (bicyclic) bond motifs is 1. The lowest BCUT2D eigenvalue weighted by molar-refractivity contribution is -0.135. The molecule has 7 heteroatoms. The minimum Gasteiger partial charge on any atom is -0.494 e. The molecule has 7 nitrogen and oxygen atoms in total. The number of nitrogens with one attached hydrogen (secondary N) is 1. The molecule has 0 spiro atoms. The fraction of sp³-hybridized carbons (Fsp3) is 0.267. The van der Waals surface area contributed by atoms with Crippen LogP contribution in [0, 0.1) is 0 Å². The normalized spacial score (nSPS) is 19.0. The number of aliphatic imine (C=N–C) groups is 1. The molecule has 22 heavy (non-hydrogen) atoms. The number of carbonyl (C=O) groups excluding carboxylic acids is 2. The molecule has 1 atom stereocenters. The number of hydrogen-bond donors (Lipinski definition) is 3. The lowest BCUT2D eigenvalue weighted by Crippen LogP contribution is -2.41. The molecular formula is C15H15N3O4. The summed E-state index contributed by atoms with van der Waals surface area (Å²) in [5, 5.41) is 24.0. The molecule has 3 rings (SSSR count). The Kier molecular flexibility index (Phi) is 3.32. The fourth-order valence-corrected chi connectivity index (χ4v) is 2.83. The van der Waals surface area contributed by atoms with E-state index in [1.807, 2.05) is 0 Å². The maximum absolute atomic E-state index is 12.0. The first kappa shape index (κ1) is 14.1. The molecule has 0 bridgehead atoms. The Morgan fingerprint density at radius 2 is 2.09 bits per heavy atom. The van der Waals surface area contributed by atoms with Gasteiger partial charge in [-0.05, 0) is 12.5 Å². The van der Waals surface area contributed by atoms with Gasteiger partial charge in [-0.25, -0.2) is 0 Å². The molecule has 0 radical (unpaired) electrons. The third-order valence-electron chi connectivity index (χ3n) is 3.81. The molecule has 0 saturated carbocycles. The van der Waals surface area contributed by atoms with Crippen LogP contribution in [0.4, 0.5) is 0 Å². The van der Waals surface area contributed by atoms with Gasteiger partial charge in [0.15, 0.2) is 0 Å². The highest BCUT2D eigenvalue weighted by Gasteiger charge is 2.33. The number of amides is 2. The Labute approximate surface area is 125 Å². The second kappa shape index (κ2) is 5.18. The molecule has 114 valence electrons. The maximum Gasteiger partial charge on any atom is 0.249 e. The average Bonchev–Trinajstić information content (AvgIpc) is 2.73. The predicted octanol–water partition coefficient (Wildman–Crippen LogP) is 1.08. The lowest BCUT2D eigenvalue weighted by atomic mass is 10.1. The van der Waals surface area contributed by atoms with Crippen molar-refractivity contribution in [3.8, 4) is 11.8 Å². The molecule has 1 aliphatic heterocycles. The van der Waals surface area contributed by atoms with E-state index in [-0.39, 0.29) is 30.5 Å². The molecule has 1 saturated heterocycles. The Hall–Kier alpha value is -2.83. The van der Waals surface area contributed by atoms with Gasteiger partial charge in [0.25, 0.3) is 0 Å². The zero-order valence-electron chi connectivity index (χ0n) is 11.9. The summed E-state index contributed by atoms with van der Waals surface area (Å²) >= 11 is 0. The van der Waals surface area contributed by atoms with Crippen LogP contribution in [-0.2, 0) is 9.59 Å². The molecule has 2 aromatic rings. The number of hydrogen-bond acceptors (Lipinski definition) is 5. The van der Waals surface area contributed by atoms with E-state index in [2.05, 4.69) is 10.3 Å². The minimum absolute atomic E-state index is 0.160. The molecule has 1 aliphatic rings. The topological polar surface area (TPSA) is 104 Å². The quantitative estimate of drug-likeness (QED) is 0.570. The summed E-state index contributed by atoms with van der Waals surface area (Å²) in [6, 6.07) is 4.31. The van der Waals surface area contributed by atoms with E-state index < -0.39 is 11.9 Å². The van der Waals surface area contributed by atoms with Crippen molar-refractivity contribution in [2.24, 2.45) is 4.99 Å². The monoisotopic (exact) mass is 301 g/mol. The first-order chi connectivity index (χ1) is 10.5. The smallest absolute Gasteiger partial charge is 0.249 e. The largest absolute Gasteiger partial charge is 0.494 e. The average molecular weight is 301 g/mol. The van der Waals surface area contributed by atoms with Gasteiger partial charge in [-0.15, -0.1) is 0 Å². The van der Waals surface area contributed by atoms with Gasteiger partial charge in [-0.1, -0.05) is 12.1 Å². The zero-order valence-corrected chi connectivity index (χ0v) is 11.9. The summed E-state index contributed by atoms with van der Waals surface area (Å²) in [4.78, 5) is 27.2. The number of benzene rings is 1. The van der Waals surface area contributed by atoms with Gasteiger partial charge in [-0.3, -0.25) is 24.5 Å². The van der Waals surface area contributed by atoms with Crippen LogP contribution < -0.4 is 5.32 Å². The molecule has 3 N–H and O–H groups in total. The zero-order chi connectivity index (χ0) is 15.9. The van der Waals surface area contributed by atoms with Crippen LogP contribution in [0.5, 0.6) is 11.8 Å². The molecule has 0 aliphatic carbocycles. The highest BCUT2D eigenvalue weighted by atomic mass is 16.3. The van der Waals surface area contributed by atoms with Crippen LogP contribution in [0.25, 0.3) is 10.8 Å². The lowest BCUT2D eigenvalue weighted by Gasteiger charge is -2.23. The Morgan fingerprint density at radius 3 is 2.77 bits per heavy atom. The number of aromatic hydroxyl groups is 2. The number of nitrogens with zero attached hydrogens (tertiary/aromatic N) is 2. The Bertz CT molecular complexity index is 807. The maximum atomic E-state index is 12.0. The number of imide groups is 1. The van der Waals surface area contributed by atoms with Crippen LogP contribution in [0.15, 0.2) is 23.2 Å². The number of rotatable bonds is 2. The summed E-state index contributed by atoms with van der Waals surface area (Å²) in [6.07, 6.45) is 1.95. The van der Waals surface area contributed by atoms with Gasteiger partial charge in [0.05, 0.1) is 5.39 Å². The third-order valence-corrected chi connectivity index (χ3v) is 3.81. The Morgan fingerprint density at radius 1 is 1.32 bits per heavy atom. The summed E-state index contributed by atoms with van der Waals surface area (Å²) in [5.41, 5.74) is 0.638. The summed E-state index contributed by atoms with van der Waals surface area (Å²) in [5.74, 6) is -1.30. The molecular weight excluding hydrogens is 286 g/mol. The first-order valence-electron chi connectivity index (χ1n) is 6.85. The van der Waals surface area contributed by atoms with Crippen molar-refractivity contribution in [2.45, 2.75) is 18.9 Å². The van der Waals surface area contributed by atoms with Crippen molar-refractivity contribution in [2.75, 3.05) is 7.05 Å². The van der Waals surface area contributed by atoms with E-state index in [0.29, 0.717) is 16.3 Å². The first-order valence-corrected chi connectivity index (χ1v) is 6.85. The van der Waals surface area contributed by atoms with Gasteiger partial charge in [0, 0.05) is 30.6 Å². The number of piperidine rings is 1. The predicted molar refractivity (Wildman–Crippen MR) is 80.2 cm³/mol. The van der Waals surface area contributed by atoms with E-state index in [1.54, 1.807) is 31.5 Å². The van der Waals surface area contributed by atoms with Crippen molar-refractivity contribution < 1.29 is 19.8 Å². The van der Waals surface area contributed by atoms with Crippen LogP contribution >= 0.6 is 0 Å². The van der Waals surface area contributed by atoms with Crippen molar-refractivity contribution in [3.05, 3.63) is 23.8 Å². The molecule has 1 aromatic carbocycles. The van der Waals surface area contributed by atoms with E-state index >= 15 is 0 Å². The summed E-state index contributed by atoms with van der Waals surface area (Å²) < 4.78 is 1.17. The SMILES string of the molecule is CN=Cc1cccc2c(O)n(C3CCC(=O)NC3=O)c(O)c12. The van der Waals surface area contributed by atoms with E-state index in [4.69, 9.17) is 0 Å². The van der Waals surface area contributed by atoms with E-state index in [1.165, 1.54) is 4.57 Å². The fourth-order valence-electron chi connectivity index (χ4n) is 2.83. The number of carbonyl (C=O) groups is 2. The van der Waals surface area contributed by atoms with E-state index in [0.717, 1.165) is 0 Å². The van der Waals surface area contributed by atoms with Crippen molar-refractivity contribution >= 4 is 28.8 Å². The van der Waals surface area contributed by atoms with Crippen molar-refractivity contribution in [1.29, 1.82) is 0 Å². The minimum atomic E-state index is -0.823. The van der Waals surface area contributed by atoms with Crippen LogP contribution in [0.1, 0.15) is 24.4 Å². The second-order valence-corrected chi connectivity index (χ2v) is 5.14. The second-order valence-electron chi connectivity index (χ2n) is 5.14. The Balaban J connectivity index is 2.21. The van der Waals surface area contributed by atoms with Crippen molar-refractivity contribution in [1.82, 2.24) is 9.88 Å². The van der Waals surface area contributed by atoms with E-state index in [9.17, 15) is 19.8 Å². The van der Waals surface area contributed by atoms with Gasteiger partial charge in [0.1, 0.15) is 6.04 Å². The van der Waals surface area contributed by atoms with Gasteiger partial charge in [0.2, 0.25) is 23.6 Å². The summed E-state index contributed by atoms with van der Waals surface area (Å²) in [6.45, 7) is 0. The van der Waals surface area contributed by atoms with Crippen molar-refractivity contribution in [3.63, 3.8) is 0 Å². The van der Waals surface area contributed by atoms with Gasteiger partial charge >= 0.3 is 0 Å². The molecule has 2 heterocycles. The molecule has 1 unspecified atom stereocenters. The summed E-state index contributed by atoms with van der Waals surface area (Å²) in [7, 11) is 1.60. The van der Waals surface area contributed by atoms with Crippen LogP contribution in [0.3, 0.4) is 0 Å². The molecule has 1 aromatic heterocycles. The van der Waals surface area contributed by atoms with Gasteiger partial charge < -0.3 is 10.2 Å². The van der Waals surface area contributed by atoms with Gasteiger partial charge in [-0.2, -0.15) is 0 Å². The van der Waals surface area contributed by atoms with Crippen LogP contribution in [-0.4, -0.2) is 39.9 Å². The molecule has 2 amide bonds. The highest BCUT2D eigenvalue weighted by Crippen LogP contribution is 2.41.